The van der Waals surface area contributed by atoms with Gasteiger partial charge in [0.05, 0.1) is 5.92 Å². The van der Waals surface area contributed by atoms with Crippen molar-refractivity contribution in [3.63, 3.8) is 0 Å². The minimum Gasteiger partial charge on any atom is -0.281 e. The van der Waals surface area contributed by atoms with E-state index in [1.807, 2.05) is 0 Å². The van der Waals surface area contributed by atoms with Crippen LogP contribution in [0.25, 0.3) is 0 Å². The van der Waals surface area contributed by atoms with Crippen LogP contribution in [0.4, 0.5) is 8.78 Å². The van der Waals surface area contributed by atoms with Crippen molar-refractivity contribution in [2.45, 2.75) is 12.3 Å². The van der Waals surface area contributed by atoms with Crippen LogP contribution in [0.2, 0.25) is 0 Å². The van der Waals surface area contributed by atoms with E-state index in [-0.39, 0.29) is 11.6 Å². The van der Waals surface area contributed by atoms with Gasteiger partial charge in [-0.3, -0.25) is 4.79 Å². The van der Waals surface area contributed by atoms with E-state index in [0.717, 1.165) is 5.56 Å². The molecule has 0 saturated carbocycles. The molecule has 2 aromatic carbocycles. The first kappa shape index (κ1) is 13.7. The smallest absolute Gasteiger partial charge is 0.229 e. The lowest BCUT2D eigenvalue weighted by Gasteiger charge is -2.13. The summed E-state index contributed by atoms with van der Waals surface area (Å²) < 4.78 is 25.7. The molecular weight excluding hydrogens is 270 g/mol. The largest absolute Gasteiger partial charge is 0.281 e. The molecule has 0 radical (unpaired) electrons. The second-order valence-electron chi connectivity index (χ2n) is 4.24. The van der Waals surface area contributed by atoms with E-state index < -0.39 is 11.2 Å². The molecule has 0 heterocycles. The number of benzene rings is 2. The van der Waals surface area contributed by atoms with Gasteiger partial charge in [-0.15, -0.1) is 0 Å². The standard InChI is InChI=1S/C15H11ClF2O/c16-15(19)14(11-3-7-13(18)8-4-11)9-10-1-5-12(17)6-2-10/h1-8,14H,9H2. The topological polar surface area (TPSA) is 17.1 Å². The minimum atomic E-state index is -0.562. The lowest BCUT2D eigenvalue weighted by Crippen LogP contribution is -2.10. The molecule has 0 spiro atoms. The Balaban J connectivity index is 2.23. The zero-order valence-corrected chi connectivity index (χ0v) is 10.7. The van der Waals surface area contributed by atoms with Crippen LogP contribution in [0.5, 0.6) is 0 Å². The highest BCUT2D eigenvalue weighted by Crippen LogP contribution is 2.24. The van der Waals surface area contributed by atoms with Crippen LogP contribution >= 0.6 is 11.6 Å². The van der Waals surface area contributed by atoms with Gasteiger partial charge in [-0.05, 0) is 53.4 Å². The van der Waals surface area contributed by atoms with E-state index in [9.17, 15) is 13.6 Å². The average Bonchev–Trinajstić information content (AvgIpc) is 2.39. The maximum atomic E-state index is 12.9. The van der Waals surface area contributed by atoms with Crippen molar-refractivity contribution in [1.29, 1.82) is 0 Å². The minimum absolute atomic E-state index is 0.334. The molecular formula is C15H11ClF2O. The second kappa shape index (κ2) is 5.93. The third-order valence-corrected chi connectivity index (χ3v) is 3.16. The summed E-state index contributed by atoms with van der Waals surface area (Å²) in [6.07, 6.45) is 0.355. The van der Waals surface area contributed by atoms with Gasteiger partial charge in [0.1, 0.15) is 11.6 Å². The molecule has 2 aromatic rings. The molecule has 0 fully saturated rings. The Morgan fingerprint density at radius 1 is 0.947 bits per heavy atom. The summed E-state index contributed by atoms with van der Waals surface area (Å²) in [7, 11) is 0. The number of halogens is 3. The van der Waals surface area contributed by atoms with Gasteiger partial charge < -0.3 is 0 Å². The summed E-state index contributed by atoms with van der Waals surface area (Å²) in [6, 6.07) is 11.5. The average molecular weight is 281 g/mol. The fourth-order valence-electron chi connectivity index (χ4n) is 1.88. The highest BCUT2D eigenvalue weighted by atomic mass is 35.5. The zero-order valence-electron chi connectivity index (χ0n) is 9.95. The molecule has 1 unspecified atom stereocenters. The SMILES string of the molecule is O=C(Cl)C(Cc1ccc(F)cc1)c1ccc(F)cc1. The van der Waals surface area contributed by atoms with Crippen LogP contribution in [0.15, 0.2) is 48.5 Å². The highest BCUT2D eigenvalue weighted by Gasteiger charge is 2.19. The zero-order chi connectivity index (χ0) is 13.8. The van der Waals surface area contributed by atoms with Crippen LogP contribution in [-0.2, 0) is 11.2 Å². The van der Waals surface area contributed by atoms with Crippen LogP contribution in [0.3, 0.4) is 0 Å². The summed E-state index contributed by atoms with van der Waals surface area (Å²) in [5.41, 5.74) is 1.44. The number of hydrogen-bond acceptors (Lipinski definition) is 1. The van der Waals surface area contributed by atoms with Gasteiger partial charge in [0, 0.05) is 0 Å². The van der Waals surface area contributed by atoms with Crippen molar-refractivity contribution in [1.82, 2.24) is 0 Å². The normalized spacial score (nSPS) is 12.2. The number of hydrogen-bond donors (Lipinski definition) is 0. The Kier molecular flexibility index (Phi) is 4.27. The molecule has 0 aliphatic carbocycles. The van der Waals surface area contributed by atoms with Gasteiger partial charge >= 0.3 is 0 Å². The monoisotopic (exact) mass is 280 g/mol. The number of carbonyl (C=O) groups excluding carboxylic acids is 1. The molecule has 19 heavy (non-hydrogen) atoms. The summed E-state index contributed by atoms with van der Waals surface area (Å²) >= 11 is 5.59. The molecule has 4 heteroatoms. The fourth-order valence-corrected chi connectivity index (χ4v) is 2.08. The molecule has 0 amide bonds. The summed E-state index contributed by atoms with van der Waals surface area (Å²) in [4.78, 5) is 11.5. The van der Waals surface area contributed by atoms with Gasteiger partial charge in [-0.2, -0.15) is 0 Å². The predicted octanol–water partition coefficient (Wildman–Crippen LogP) is 4.06. The van der Waals surface area contributed by atoms with Crippen LogP contribution < -0.4 is 0 Å². The maximum Gasteiger partial charge on any atom is 0.229 e. The van der Waals surface area contributed by atoms with Crippen molar-refractivity contribution in [3.8, 4) is 0 Å². The molecule has 0 saturated heterocycles. The van der Waals surface area contributed by atoms with Gasteiger partial charge in [0.25, 0.3) is 0 Å². The van der Waals surface area contributed by atoms with Crippen molar-refractivity contribution >= 4 is 16.8 Å². The lowest BCUT2D eigenvalue weighted by molar-refractivity contribution is -0.113. The summed E-state index contributed by atoms with van der Waals surface area (Å²) in [5, 5.41) is -0.518. The van der Waals surface area contributed by atoms with E-state index in [4.69, 9.17) is 11.6 Å². The van der Waals surface area contributed by atoms with Crippen LogP contribution in [-0.4, -0.2) is 5.24 Å². The van der Waals surface area contributed by atoms with Gasteiger partial charge in [-0.25, -0.2) is 8.78 Å². The molecule has 0 aromatic heterocycles. The molecule has 98 valence electrons. The molecule has 1 nitrogen and oxygen atoms in total. The number of rotatable bonds is 4. The fraction of sp³-hybridized carbons (Fsp3) is 0.133. The summed E-state index contributed by atoms with van der Waals surface area (Å²) in [6.45, 7) is 0. The molecule has 0 aliphatic rings. The first-order valence-corrected chi connectivity index (χ1v) is 6.13. The number of carbonyl (C=O) groups is 1. The Hall–Kier alpha value is -1.74. The van der Waals surface area contributed by atoms with Crippen molar-refractivity contribution in [3.05, 3.63) is 71.3 Å². The Morgan fingerprint density at radius 2 is 1.42 bits per heavy atom. The van der Waals surface area contributed by atoms with E-state index in [1.165, 1.54) is 36.4 Å². The highest BCUT2D eigenvalue weighted by molar-refractivity contribution is 6.64. The second-order valence-corrected chi connectivity index (χ2v) is 4.61. The van der Waals surface area contributed by atoms with Crippen molar-refractivity contribution in [2.24, 2.45) is 0 Å². The molecule has 0 aliphatic heterocycles. The first-order chi connectivity index (χ1) is 9.06. The summed E-state index contributed by atoms with van der Waals surface area (Å²) in [5.74, 6) is -1.27. The van der Waals surface area contributed by atoms with E-state index >= 15 is 0 Å². The third-order valence-electron chi connectivity index (χ3n) is 2.90. The van der Waals surface area contributed by atoms with E-state index in [2.05, 4.69) is 0 Å². The van der Waals surface area contributed by atoms with Crippen LogP contribution in [0.1, 0.15) is 17.0 Å². The van der Waals surface area contributed by atoms with Crippen LogP contribution in [0, 0.1) is 11.6 Å². The van der Waals surface area contributed by atoms with Crippen molar-refractivity contribution < 1.29 is 13.6 Å². The van der Waals surface area contributed by atoms with E-state index in [0.29, 0.717) is 12.0 Å². The molecule has 1 atom stereocenters. The van der Waals surface area contributed by atoms with Gasteiger partial charge in [0.2, 0.25) is 5.24 Å². The predicted molar refractivity (Wildman–Crippen MR) is 70.1 cm³/mol. The quantitative estimate of drug-likeness (QED) is 0.772. The molecule has 0 bridgehead atoms. The Morgan fingerprint density at radius 3 is 1.89 bits per heavy atom. The Labute approximate surface area is 114 Å². The maximum absolute atomic E-state index is 12.9. The lowest BCUT2D eigenvalue weighted by atomic mass is 9.93. The van der Waals surface area contributed by atoms with Gasteiger partial charge in [-0.1, -0.05) is 24.3 Å². The first-order valence-electron chi connectivity index (χ1n) is 5.75. The Bertz CT molecular complexity index is 564. The molecule has 0 N–H and O–H groups in total. The molecule has 2 rings (SSSR count). The van der Waals surface area contributed by atoms with Crippen molar-refractivity contribution in [2.75, 3.05) is 0 Å². The van der Waals surface area contributed by atoms with Gasteiger partial charge in [0.15, 0.2) is 0 Å². The third kappa shape index (κ3) is 3.61. The van der Waals surface area contributed by atoms with E-state index in [1.54, 1.807) is 12.1 Å².